The van der Waals surface area contributed by atoms with Gasteiger partial charge < -0.3 is 15.8 Å². The molecule has 0 fully saturated rings. The Morgan fingerprint density at radius 1 is 1.42 bits per heavy atom. The second-order valence-electron chi connectivity index (χ2n) is 6.17. The van der Waals surface area contributed by atoms with Crippen LogP contribution in [0.15, 0.2) is 18.2 Å². The summed E-state index contributed by atoms with van der Waals surface area (Å²) in [4.78, 5) is 20.3. The first kappa shape index (κ1) is 17.3. The predicted molar refractivity (Wildman–Crippen MR) is 107 cm³/mol. The van der Waals surface area contributed by atoms with E-state index in [0.29, 0.717) is 5.56 Å². The average Bonchev–Trinajstić information content (AvgIpc) is 3.20. The fraction of sp³-hybridized carbons (Fsp3) is 0.333. The highest BCUT2D eigenvalue weighted by atomic mass is 32.1. The highest BCUT2D eigenvalue weighted by Crippen LogP contribution is 2.40. The molecule has 136 valence electrons. The molecule has 3 N–H and O–H groups in total. The maximum atomic E-state index is 12.1. The van der Waals surface area contributed by atoms with Crippen LogP contribution in [-0.2, 0) is 13.0 Å². The molecule has 3 heterocycles. The van der Waals surface area contributed by atoms with Crippen LogP contribution in [0.2, 0.25) is 0 Å². The van der Waals surface area contributed by atoms with Gasteiger partial charge in [-0.3, -0.25) is 9.69 Å². The van der Waals surface area contributed by atoms with Crippen LogP contribution in [0.4, 0.5) is 10.1 Å². The van der Waals surface area contributed by atoms with Crippen molar-refractivity contribution in [3.63, 3.8) is 0 Å². The molecule has 0 bridgehead atoms. The molecule has 0 radical (unpaired) electrons. The molecular weight excluding hydrogens is 368 g/mol. The van der Waals surface area contributed by atoms with Crippen molar-refractivity contribution in [2.24, 2.45) is 5.73 Å². The fourth-order valence-corrected chi connectivity index (χ4v) is 5.52. The molecule has 1 aromatic carbocycles. The van der Waals surface area contributed by atoms with E-state index in [0.717, 1.165) is 57.7 Å². The molecule has 6 nitrogen and oxygen atoms in total. The third kappa shape index (κ3) is 3.04. The van der Waals surface area contributed by atoms with E-state index < -0.39 is 0 Å². The summed E-state index contributed by atoms with van der Waals surface area (Å²) in [7, 11) is 1.65. The van der Waals surface area contributed by atoms with Crippen molar-refractivity contribution in [1.82, 2.24) is 9.88 Å². The Morgan fingerprint density at radius 2 is 2.27 bits per heavy atom. The van der Waals surface area contributed by atoms with Gasteiger partial charge in [-0.05, 0) is 36.7 Å². The maximum Gasteiger partial charge on any atom is 0.251 e. The van der Waals surface area contributed by atoms with Gasteiger partial charge in [-0.25, -0.2) is 4.98 Å². The zero-order valence-corrected chi connectivity index (χ0v) is 16.3. The third-order valence-corrected chi connectivity index (χ3v) is 6.71. The lowest BCUT2D eigenvalue weighted by molar-refractivity contribution is 0.1000. The van der Waals surface area contributed by atoms with E-state index in [-0.39, 0.29) is 5.91 Å². The first-order valence-corrected chi connectivity index (χ1v) is 10.1. The summed E-state index contributed by atoms with van der Waals surface area (Å²) >= 11 is 3.15. The monoisotopic (exact) mass is 388 g/mol. The molecule has 1 aliphatic heterocycles. The Hall–Kier alpha value is -2.16. The van der Waals surface area contributed by atoms with Crippen LogP contribution in [0.25, 0.3) is 10.2 Å². The molecule has 3 aromatic rings. The normalized spacial score (nSPS) is 14.4. The smallest absolute Gasteiger partial charge is 0.251 e. The number of nitrogens with one attached hydrogen (secondary N) is 1. The maximum absolute atomic E-state index is 12.1. The topological polar surface area (TPSA) is 80.5 Å². The van der Waals surface area contributed by atoms with Crippen LogP contribution in [0, 0.1) is 0 Å². The van der Waals surface area contributed by atoms with Crippen molar-refractivity contribution < 1.29 is 9.53 Å². The number of methoxy groups -OCH3 is 1. The molecule has 4 rings (SSSR count). The number of benzene rings is 1. The summed E-state index contributed by atoms with van der Waals surface area (Å²) < 4.78 is 6.30. The predicted octanol–water partition coefficient (Wildman–Crippen LogP) is 3.59. The number of carbonyl (C=O) groups is 1. The minimum Gasteiger partial charge on any atom is -0.497 e. The van der Waals surface area contributed by atoms with Crippen LogP contribution in [0.1, 0.15) is 27.7 Å². The molecule has 0 aliphatic carbocycles. The minimum absolute atomic E-state index is 0.377. The number of carbonyl (C=O) groups excluding carboxylic acids is 1. The molecule has 1 aliphatic rings. The SMILES string of the molecule is CCN1CCc2c(sc(Nc3nc4ccc(OC)cc4s3)c2C(N)=O)C1. The molecule has 0 atom stereocenters. The number of thiazole rings is 1. The van der Waals surface area contributed by atoms with Gasteiger partial charge in [-0.1, -0.05) is 18.3 Å². The van der Waals surface area contributed by atoms with Gasteiger partial charge in [-0.15, -0.1) is 11.3 Å². The molecule has 2 aromatic heterocycles. The minimum atomic E-state index is -0.377. The van der Waals surface area contributed by atoms with E-state index in [4.69, 9.17) is 10.5 Å². The number of hydrogen-bond donors (Lipinski definition) is 2. The average molecular weight is 389 g/mol. The van der Waals surface area contributed by atoms with Crippen molar-refractivity contribution in [2.75, 3.05) is 25.5 Å². The van der Waals surface area contributed by atoms with E-state index in [9.17, 15) is 4.79 Å². The van der Waals surface area contributed by atoms with Crippen LogP contribution in [-0.4, -0.2) is 36.0 Å². The molecule has 1 amide bonds. The van der Waals surface area contributed by atoms with Gasteiger partial charge in [0.2, 0.25) is 0 Å². The van der Waals surface area contributed by atoms with E-state index in [1.54, 1.807) is 18.4 Å². The van der Waals surface area contributed by atoms with E-state index in [1.807, 2.05) is 18.2 Å². The highest BCUT2D eigenvalue weighted by Gasteiger charge is 2.26. The molecule has 0 saturated heterocycles. The summed E-state index contributed by atoms with van der Waals surface area (Å²) in [6.07, 6.45) is 0.858. The number of hydrogen-bond acceptors (Lipinski definition) is 7. The van der Waals surface area contributed by atoms with Gasteiger partial charge in [0.25, 0.3) is 5.91 Å². The van der Waals surface area contributed by atoms with E-state index >= 15 is 0 Å². The number of nitrogens with two attached hydrogens (primary N) is 1. The lowest BCUT2D eigenvalue weighted by atomic mass is 10.0. The molecule has 0 unspecified atom stereocenters. The number of primary amides is 1. The third-order valence-electron chi connectivity index (χ3n) is 4.65. The zero-order valence-electron chi connectivity index (χ0n) is 14.7. The van der Waals surface area contributed by atoms with E-state index in [1.165, 1.54) is 16.2 Å². The van der Waals surface area contributed by atoms with Crippen LogP contribution < -0.4 is 15.8 Å². The number of thiophene rings is 1. The summed E-state index contributed by atoms with van der Waals surface area (Å²) in [6, 6.07) is 5.79. The number of rotatable bonds is 5. The van der Waals surface area contributed by atoms with Gasteiger partial charge in [0.1, 0.15) is 10.8 Å². The second-order valence-corrected chi connectivity index (χ2v) is 8.30. The lowest BCUT2D eigenvalue weighted by Crippen LogP contribution is -2.30. The Balaban J connectivity index is 1.70. The van der Waals surface area contributed by atoms with Crippen molar-refractivity contribution in [2.45, 2.75) is 19.9 Å². The first-order valence-electron chi connectivity index (χ1n) is 8.47. The Kier molecular flexibility index (Phi) is 4.56. The number of anilines is 2. The zero-order chi connectivity index (χ0) is 18.3. The number of ether oxygens (including phenoxy) is 1. The van der Waals surface area contributed by atoms with Gasteiger partial charge in [0, 0.05) is 18.0 Å². The van der Waals surface area contributed by atoms with Crippen molar-refractivity contribution in [3.05, 3.63) is 34.2 Å². The molecule has 8 heteroatoms. The van der Waals surface area contributed by atoms with Crippen LogP contribution in [0.5, 0.6) is 5.75 Å². The van der Waals surface area contributed by atoms with Crippen LogP contribution >= 0.6 is 22.7 Å². The number of aromatic nitrogens is 1. The molecular formula is C18H20N4O2S2. The summed E-state index contributed by atoms with van der Waals surface area (Å²) in [6.45, 7) is 4.99. The van der Waals surface area contributed by atoms with Gasteiger partial charge in [-0.2, -0.15) is 0 Å². The molecule has 0 spiro atoms. The van der Waals surface area contributed by atoms with E-state index in [2.05, 4.69) is 22.1 Å². The summed E-state index contributed by atoms with van der Waals surface area (Å²) in [5.74, 6) is 0.425. The summed E-state index contributed by atoms with van der Waals surface area (Å²) in [5.41, 5.74) is 8.32. The number of amides is 1. The molecule has 0 saturated carbocycles. The summed E-state index contributed by atoms with van der Waals surface area (Å²) in [5, 5.41) is 4.89. The number of fused-ring (bicyclic) bond motifs is 2. The highest BCUT2D eigenvalue weighted by molar-refractivity contribution is 7.23. The lowest BCUT2D eigenvalue weighted by Gasteiger charge is -2.25. The van der Waals surface area contributed by atoms with Crippen molar-refractivity contribution >= 4 is 48.9 Å². The standard InChI is InChI=1S/C18H20N4O2S2/c1-3-22-7-6-11-14(9-22)25-17(15(11)16(19)23)21-18-20-12-5-4-10(24-2)8-13(12)26-18/h4-5,8H,3,6-7,9H2,1-2H3,(H2,19,23)(H,20,21). The van der Waals surface area contributed by atoms with Crippen molar-refractivity contribution in [1.29, 1.82) is 0 Å². The van der Waals surface area contributed by atoms with Crippen LogP contribution in [0.3, 0.4) is 0 Å². The van der Waals surface area contributed by atoms with Crippen molar-refractivity contribution in [3.8, 4) is 5.75 Å². The Bertz CT molecular complexity index is 979. The number of likely N-dealkylation sites (N-methyl/N-ethyl adjacent to an activating group) is 1. The quantitative estimate of drug-likeness (QED) is 0.698. The Morgan fingerprint density at radius 3 is 3.00 bits per heavy atom. The van der Waals surface area contributed by atoms with Gasteiger partial charge in [0.15, 0.2) is 5.13 Å². The second kappa shape index (κ2) is 6.86. The van der Waals surface area contributed by atoms with Gasteiger partial charge in [0.05, 0.1) is 22.9 Å². The first-order chi connectivity index (χ1) is 12.6. The van der Waals surface area contributed by atoms with Gasteiger partial charge >= 0.3 is 0 Å². The largest absolute Gasteiger partial charge is 0.497 e. The molecule has 26 heavy (non-hydrogen) atoms. The number of nitrogens with zero attached hydrogens (tertiary/aromatic N) is 2. The Labute approximate surface area is 159 Å². The fourth-order valence-electron chi connectivity index (χ4n) is 3.26.